The molecule has 3 aromatic rings. The number of pyridine rings is 2. The maximum absolute atomic E-state index is 14.9. The van der Waals surface area contributed by atoms with Gasteiger partial charge in [0, 0.05) is 61.0 Å². The fraction of sp³-hybridized carbons (Fsp3) is 0.535. The van der Waals surface area contributed by atoms with Crippen LogP contribution in [0.3, 0.4) is 0 Å². The maximum Gasteiger partial charge on any atom is 0.265 e. The van der Waals surface area contributed by atoms with Crippen molar-refractivity contribution in [3.63, 3.8) is 0 Å². The Hall–Kier alpha value is -5.03. The van der Waals surface area contributed by atoms with Gasteiger partial charge in [0.25, 0.3) is 11.8 Å². The first kappa shape index (κ1) is 43.1. The van der Waals surface area contributed by atoms with Crippen molar-refractivity contribution in [3.05, 3.63) is 60.8 Å². The first-order valence-electron chi connectivity index (χ1n) is 20.3. The normalized spacial score (nSPS) is 24.6. The van der Waals surface area contributed by atoms with Crippen LogP contribution in [0.4, 0.5) is 8.78 Å². The summed E-state index contributed by atoms with van der Waals surface area (Å²) in [5, 5.41) is 3.48. The summed E-state index contributed by atoms with van der Waals surface area (Å²) < 4.78 is 66.5. The summed E-state index contributed by atoms with van der Waals surface area (Å²) in [5.74, 6) is -6.26. The summed E-state index contributed by atoms with van der Waals surface area (Å²) in [7, 11) is 1.56. The van der Waals surface area contributed by atoms with E-state index in [9.17, 15) is 36.7 Å². The standard InChI is InChI=1S/C43H52F2N6O8S/c1-7-26-22-43(26,40(55)51(60(56)57)27-12-13-27)48-38(53)33-19-28(23-50(33)39(54)30(41(3,4)5)20-36(52)49-18-10-16-42(44,45)24-49)59-35-21-32(31-11-8-9-17-46-31)47-37-25(2)34(58-6)15-14-29(35)37/h7-9,11,14-15,17,21,26-28,30,33H,1,10,12-13,16,18-20,22-24H2,2-6H3,(H,48,53)(H,56,57)/p-1/t26-,28-,30-,33+,43?/m1/s1. The lowest BCUT2D eigenvalue weighted by Gasteiger charge is -2.37. The van der Waals surface area contributed by atoms with Crippen LogP contribution in [0.5, 0.6) is 11.5 Å². The second kappa shape index (κ2) is 16.4. The molecule has 7 rings (SSSR count). The Morgan fingerprint density at radius 3 is 2.50 bits per heavy atom. The summed E-state index contributed by atoms with van der Waals surface area (Å²) in [6.45, 7) is 10.3. The maximum atomic E-state index is 14.9. The number of nitrogens with zero attached hydrogens (tertiary/aromatic N) is 5. The Morgan fingerprint density at radius 1 is 1.15 bits per heavy atom. The number of nitrogens with one attached hydrogen (secondary N) is 1. The number of methoxy groups -OCH3 is 1. The number of piperidine rings is 1. The molecule has 4 amide bonds. The summed E-state index contributed by atoms with van der Waals surface area (Å²) in [6, 6.07) is 9.03. The predicted molar refractivity (Wildman–Crippen MR) is 217 cm³/mol. The van der Waals surface area contributed by atoms with Crippen LogP contribution in [0, 0.1) is 24.2 Å². The molecule has 2 aromatic heterocycles. The van der Waals surface area contributed by atoms with Crippen LogP contribution in [-0.2, 0) is 30.4 Å². The molecule has 2 saturated heterocycles. The van der Waals surface area contributed by atoms with Crippen molar-refractivity contribution in [2.75, 3.05) is 26.7 Å². The third-order valence-corrected chi connectivity index (χ3v) is 13.0. The lowest BCUT2D eigenvalue weighted by atomic mass is 9.77. The third kappa shape index (κ3) is 8.60. The molecular weight excluding hydrogens is 799 g/mol. The van der Waals surface area contributed by atoms with Gasteiger partial charge in [0.2, 0.25) is 17.7 Å². The van der Waals surface area contributed by atoms with Crippen molar-refractivity contribution in [2.24, 2.45) is 17.3 Å². The number of carbonyl (C=O) groups is 4. The van der Waals surface area contributed by atoms with Gasteiger partial charge in [0.15, 0.2) is 0 Å². The Labute approximate surface area is 350 Å². The molecule has 0 spiro atoms. The zero-order valence-electron chi connectivity index (χ0n) is 34.4. The first-order valence-corrected chi connectivity index (χ1v) is 21.3. The lowest BCUT2D eigenvalue weighted by Crippen LogP contribution is -2.58. The molecule has 0 bridgehead atoms. The van der Waals surface area contributed by atoms with Gasteiger partial charge in [0.1, 0.15) is 29.2 Å². The molecule has 14 nitrogen and oxygen atoms in total. The molecule has 4 aliphatic rings. The van der Waals surface area contributed by atoms with E-state index in [1.807, 2.05) is 19.1 Å². The molecule has 2 aliphatic heterocycles. The van der Waals surface area contributed by atoms with Crippen LogP contribution in [-0.4, -0.2) is 113 Å². The Balaban J connectivity index is 1.24. The number of rotatable bonds is 13. The molecule has 60 heavy (non-hydrogen) atoms. The van der Waals surface area contributed by atoms with Gasteiger partial charge in [-0.05, 0) is 62.3 Å². The Morgan fingerprint density at radius 2 is 1.90 bits per heavy atom. The molecule has 2 saturated carbocycles. The highest BCUT2D eigenvalue weighted by Gasteiger charge is 2.63. The highest BCUT2D eigenvalue weighted by molar-refractivity contribution is 7.77. The van der Waals surface area contributed by atoms with Crippen LogP contribution in [0.15, 0.2) is 55.3 Å². The SMILES string of the molecule is C=C[C@@H]1CC1(NC(=O)[C@@H]1C[C@@H](Oc2cc(-c3ccccn3)nc3c(C)c(OC)ccc23)CN1C(=O)[C@@H](CC(=O)N1CCCC(F)(F)C1)C(C)(C)C)C(=O)N(C1CC1)S(=O)[O-]. The van der Waals surface area contributed by atoms with Crippen molar-refractivity contribution in [1.82, 2.24) is 29.4 Å². The van der Waals surface area contributed by atoms with E-state index in [4.69, 9.17) is 14.5 Å². The molecule has 1 aromatic carbocycles. The summed E-state index contributed by atoms with van der Waals surface area (Å²) in [4.78, 5) is 69.0. The molecule has 4 fully saturated rings. The van der Waals surface area contributed by atoms with Gasteiger partial charge in [-0.15, -0.1) is 6.58 Å². The van der Waals surface area contributed by atoms with Gasteiger partial charge in [0.05, 0.1) is 54.3 Å². The number of likely N-dealkylation sites (tertiary alicyclic amines) is 2. The van der Waals surface area contributed by atoms with Gasteiger partial charge < -0.3 is 29.1 Å². The van der Waals surface area contributed by atoms with Crippen molar-refractivity contribution < 1.29 is 46.2 Å². The number of fused-ring (bicyclic) bond motifs is 1. The number of aryl methyl sites for hydroxylation is 1. The third-order valence-electron chi connectivity index (χ3n) is 12.2. The largest absolute Gasteiger partial charge is 0.755 e. The number of hydrogen-bond acceptors (Lipinski definition) is 10. The van der Waals surface area contributed by atoms with Crippen LogP contribution < -0.4 is 14.8 Å². The van der Waals surface area contributed by atoms with Crippen molar-refractivity contribution >= 4 is 45.8 Å². The number of alkyl halides is 2. The minimum Gasteiger partial charge on any atom is -0.755 e. The van der Waals surface area contributed by atoms with Gasteiger partial charge in [-0.25, -0.2) is 13.8 Å². The zero-order valence-corrected chi connectivity index (χ0v) is 35.3. The molecule has 17 heteroatoms. The van der Waals surface area contributed by atoms with E-state index >= 15 is 0 Å². The van der Waals surface area contributed by atoms with E-state index in [2.05, 4.69) is 16.9 Å². The number of benzene rings is 1. The van der Waals surface area contributed by atoms with E-state index in [1.165, 1.54) is 11.0 Å². The topological polar surface area (TPSA) is 174 Å². The molecular formula is C43H51F2N6O8S-. The number of amides is 4. The summed E-state index contributed by atoms with van der Waals surface area (Å²) >= 11 is -2.88. The molecule has 4 heterocycles. The number of hydrogen-bond donors (Lipinski definition) is 1. The molecule has 1 N–H and O–H groups in total. The fourth-order valence-corrected chi connectivity index (χ4v) is 9.28. The fourth-order valence-electron chi connectivity index (χ4n) is 8.52. The van der Waals surface area contributed by atoms with E-state index in [-0.39, 0.29) is 45.2 Å². The van der Waals surface area contributed by atoms with Crippen molar-refractivity contribution in [2.45, 2.75) is 102 Å². The van der Waals surface area contributed by atoms with Crippen LogP contribution in [0.25, 0.3) is 22.3 Å². The smallest absolute Gasteiger partial charge is 0.265 e. The zero-order chi connectivity index (χ0) is 43.3. The van der Waals surface area contributed by atoms with E-state index < -0.39 is 88.3 Å². The summed E-state index contributed by atoms with van der Waals surface area (Å²) in [5.41, 5.74) is -0.0359. The van der Waals surface area contributed by atoms with Gasteiger partial charge >= 0.3 is 0 Å². The molecule has 2 aliphatic carbocycles. The summed E-state index contributed by atoms with van der Waals surface area (Å²) in [6.07, 6.45) is 2.86. The van der Waals surface area contributed by atoms with Crippen molar-refractivity contribution in [1.29, 1.82) is 0 Å². The molecule has 6 atom stereocenters. The lowest BCUT2D eigenvalue weighted by molar-refractivity contribution is -0.151. The number of carbonyl (C=O) groups excluding carboxylic acids is 4. The highest BCUT2D eigenvalue weighted by Crippen LogP contribution is 2.48. The minimum atomic E-state index is -3.04. The van der Waals surface area contributed by atoms with Gasteiger partial charge in [-0.1, -0.05) is 32.9 Å². The average molecular weight is 850 g/mol. The second-order valence-electron chi connectivity index (χ2n) is 17.5. The monoisotopic (exact) mass is 849 g/mol. The minimum absolute atomic E-state index is 0.0402. The second-order valence-corrected chi connectivity index (χ2v) is 18.3. The van der Waals surface area contributed by atoms with Crippen LogP contribution >= 0.6 is 0 Å². The molecule has 0 radical (unpaired) electrons. The van der Waals surface area contributed by atoms with E-state index in [0.29, 0.717) is 46.6 Å². The number of aromatic nitrogens is 2. The highest BCUT2D eigenvalue weighted by atomic mass is 32.2. The van der Waals surface area contributed by atoms with E-state index in [1.54, 1.807) is 58.3 Å². The number of ether oxygens (including phenoxy) is 2. The quantitative estimate of drug-likeness (QED) is 0.180. The Kier molecular flexibility index (Phi) is 11.8. The predicted octanol–water partition coefficient (Wildman–Crippen LogP) is 5.12. The van der Waals surface area contributed by atoms with E-state index in [0.717, 1.165) is 14.8 Å². The van der Waals surface area contributed by atoms with Gasteiger partial charge in [-0.2, -0.15) is 0 Å². The average Bonchev–Trinajstić information content (AvgIpc) is 4.12. The first-order chi connectivity index (χ1) is 28.4. The van der Waals surface area contributed by atoms with Crippen LogP contribution in [0.1, 0.15) is 71.3 Å². The van der Waals surface area contributed by atoms with Crippen molar-refractivity contribution in [3.8, 4) is 22.9 Å². The molecule has 322 valence electrons. The number of halogens is 2. The van der Waals surface area contributed by atoms with Gasteiger partial charge in [-0.3, -0.25) is 32.7 Å². The van der Waals surface area contributed by atoms with Crippen LogP contribution in [0.2, 0.25) is 0 Å². The molecule has 2 unspecified atom stereocenters. The Bertz CT molecular complexity index is 2220.